The Bertz CT molecular complexity index is 879. The molecule has 1 N–H and O–H groups in total. The predicted octanol–water partition coefficient (Wildman–Crippen LogP) is 5.10. The molecule has 3 aromatic rings. The van der Waals surface area contributed by atoms with E-state index in [1.807, 2.05) is 12.1 Å². The lowest BCUT2D eigenvalue weighted by Gasteiger charge is -2.03. The Kier molecular flexibility index (Phi) is 4.01. The van der Waals surface area contributed by atoms with Crippen LogP contribution in [0.4, 0.5) is 0 Å². The Morgan fingerprint density at radius 2 is 1.61 bits per heavy atom. The molecule has 23 heavy (non-hydrogen) atoms. The van der Waals surface area contributed by atoms with Crippen molar-refractivity contribution < 1.29 is 9.90 Å². The number of carbonyl (C=O) groups is 1. The van der Waals surface area contributed by atoms with Crippen molar-refractivity contribution in [1.29, 1.82) is 0 Å². The molecule has 1 heterocycles. The van der Waals surface area contributed by atoms with Gasteiger partial charge in [0.05, 0.1) is 11.3 Å². The van der Waals surface area contributed by atoms with Gasteiger partial charge in [-0.05, 0) is 50.1 Å². The fourth-order valence-electron chi connectivity index (χ4n) is 2.43. The van der Waals surface area contributed by atoms with Gasteiger partial charge in [0.25, 0.3) is 0 Å². The van der Waals surface area contributed by atoms with Crippen LogP contribution >= 0.6 is 11.3 Å². The van der Waals surface area contributed by atoms with Crippen molar-refractivity contribution in [3.8, 4) is 21.8 Å². The molecule has 3 nitrogen and oxygen atoms in total. The molecular formula is C19H17NO2S. The van der Waals surface area contributed by atoms with E-state index in [1.54, 1.807) is 23.5 Å². The van der Waals surface area contributed by atoms with Gasteiger partial charge < -0.3 is 5.11 Å². The van der Waals surface area contributed by atoms with E-state index in [0.717, 1.165) is 26.7 Å². The average molecular weight is 323 g/mol. The van der Waals surface area contributed by atoms with Gasteiger partial charge in [-0.25, -0.2) is 9.78 Å². The zero-order valence-corrected chi connectivity index (χ0v) is 14.1. The maximum Gasteiger partial charge on any atom is 0.335 e. The van der Waals surface area contributed by atoms with Crippen molar-refractivity contribution in [3.05, 3.63) is 64.0 Å². The quantitative estimate of drug-likeness (QED) is 0.729. The van der Waals surface area contributed by atoms with Crippen molar-refractivity contribution in [3.63, 3.8) is 0 Å². The highest BCUT2D eigenvalue weighted by Gasteiger charge is 2.12. The molecule has 3 rings (SSSR count). The molecule has 0 aliphatic carbocycles. The average Bonchev–Trinajstić information content (AvgIpc) is 2.92. The smallest absolute Gasteiger partial charge is 0.335 e. The number of hydrogen-bond acceptors (Lipinski definition) is 3. The summed E-state index contributed by atoms with van der Waals surface area (Å²) in [5.41, 5.74) is 5.87. The zero-order chi connectivity index (χ0) is 16.6. The number of aromatic carboxylic acids is 1. The van der Waals surface area contributed by atoms with Gasteiger partial charge >= 0.3 is 5.97 Å². The van der Waals surface area contributed by atoms with Crippen LogP contribution in [0.5, 0.6) is 0 Å². The number of aromatic nitrogens is 1. The van der Waals surface area contributed by atoms with Crippen LogP contribution in [0.25, 0.3) is 21.8 Å². The number of nitrogens with zero attached hydrogens (tertiary/aromatic N) is 1. The van der Waals surface area contributed by atoms with E-state index >= 15 is 0 Å². The van der Waals surface area contributed by atoms with Gasteiger partial charge in [-0.3, -0.25) is 0 Å². The molecule has 0 saturated carbocycles. The molecule has 116 valence electrons. The van der Waals surface area contributed by atoms with Crippen LogP contribution in [0, 0.1) is 20.8 Å². The molecule has 0 aliphatic heterocycles. The number of hydrogen-bond donors (Lipinski definition) is 1. The minimum atomic E-state index is -0.914. The van der Waals surface area contributed by atoms with E-state index in [0.29, 0.717) is 0 Å². The molecule has 0 radical (unpaired) electrons. The fourth-order valence-corrected chi connectivity index (χ4v) is 3.37. The third-order valence-electron chi connectivity index (χ3n) is 3.96. The Hall–Kier alpha value is -2.46. The third kappa shape index (κ3) is 3.03. The Labute approximate surface area is 139 Å². The van der Waals surface area contributed by atoms with Crippen molar-refractivity contribution in [2.24, 2.45) is 0 Å². The van der Waals surface area contributed by atoms with E-state index in [9.17, 15) is 4.79 Å². The monoisotopic (exact) mass is 323 g/mol. The molecule has 1 aromatic heterocycles. The van der Waals surface area contributed by atoms with Crippen LogP contribution in [0.15, 0.2) is 42.5 Å². The fraction of sp³-hybridized carbons (Fsp3) is 0.158. The standard InChI is InChI=1S/C19H17NO2S/c1-11-4-5-16(10-12(11)2)17-13(3)23-18(20-17)14-6-8-15(9-7-14)19(21)22/h4-10H,1-3H3,(H,21,22). The number of carboxylic acids is 1. The molecule has 2 aromatic carbocycles. The summed E-state index contributed by atoms with van der Waals surface area (Å²) in [6.45, 7) is 6.27. The van der Waals surface area contributed by atoms with Crippen molar-refractivity contribution in [2.75, 3.05) is 0 Å². The molecule has 0 atom stereocenters. The Morgan fingerprint density at radius 1 is 0.957 bits per heavy atom. The van der Waals surface area contributed by atoms with Crippen LogP contribution in [0.3, 0.4) is 0 Å². The van der Waals surface area contributed by atoms with E-state index in [2.05, 4.69) is 39.0 Å². The molecule has 0 aliphatic rings. The van der Waals surface area contributed by atoms with E-state index < -0.39 is 5.97 Å². The van der Waals surface area contributed by atoms with Crippen LogP contribution in [-0.4, -0.2) is 16.1 Å². The number of thiazole rings is 1. The highest BCUT2D eigenvalue weighted by Crippen LogP contribution is 2.34. The van der Waals surface area contributed by atoms with E-state index in [4.69, 9.17) is 10.1 Å². The summed E-state index contributed by atoms with van der Waals surface area (Å²) in [6, 6.07) is 13.2. The van der Waals surface area contributed by atoms with Crippen LogP contribution < -0.4 is 0 Å². The number of rotatable bonds is 3. The minimum Gasteiger partial charge on any atom is -0.478 e. The summed E-state index contributed by atoms with van der Waals surface area (Å²) >= 11 is 1.63. The lowest BCUT2D eigenvalue weighted by molar-refractivity contribution is 0.0697. The lowest BCUT2D eigenvalue weighted by atomic mass is 10.0. The summed E-state index contributed by atoms with van der Waals surface area (Å²) in [5, 5.41) is 9.89. The van der Waals surface area contributed by atoms with Crippen molar-refractivity contribution in [1.82, 2.24) is 4.98 Å². The first-order valence-corrected chi connectivity index (χ1v) is 8.16. The topological polar surface area (TPSA) is 50.2 Å². The van der Waals surface area contributed by atoms with Crippen molar-refractivity contribution >= 4 is 17.3 Å². The molecular weight excluding hydrogens is 306 g/mol. The van der Waals surface area contributed by atoms with E-state index in [-0.39, 0.29) is 5.56 Å². The highest BCUT2D eigenvalue weighted by molar-refractivity contribution is 7.15. The van der Waals surface area contributed by atoms with Crippen molar-refractivity contribution in [2.45, 2.75) is 20.8 Å². The maximum absolute atomic E-state index is 10.9. The van der Waals surface area contributed by atoms with Gasteiger partial charge in [0.1, 0.15) is 5.01 Å². The maximum atomic E-state index is 10.9. The second-order valence-corrected chi connectivity index (χ2v) is 6.81. The number of benzene rings is 2. The Morgan fingerprint density at radius 3 is 2.22 bits per heavy atom. The SMILES string of the molecule is Cc1ccc(-c2nc(-c3ccc(C(=O)O)cc3)sc2C)cc1C. The van der Waals surface area contributed by atoms with Gasteiger partial charge in [0, 0.05) is 16.0 Å². The zero-order valence-electron chi connectivity index (χ0n) is 13.3. The van der Waals surface area contributed by atoms with Crippen LogP contribution in [0.2, 0.25) is 0 Å². The molecule has 0 unspecified atom stereocenters. The largest absolute Gasteiger partial charge is 0.478 e. The van der Waals surface area contributed by atoms with Gasteiger partial charge in [0.15, 0.2) is 0 Å². The lowest BCUT2D eigenvalue weighted by Crippen LogP contribution is -1.94. The van der Waals surface area contributed by atoms with Gasteiger partial charge in [-0.2, -0.15) is 0 Å². The number of carboxylic acid groups (broad SMARTS) is 1. The minimum absolute atomic E-state index is 0.288. The molecule has 0 spiro atoms. The first kappa shape index (κ1) is 15.4. The molecule has 0 bridgehead atoms. The second-order valence-electron chi connectivity index (χ2n) is 5.61. The predicted molar refractivity (Wildman–Crippen MR) is 94.2 cm³/mol. The molecule has 0 fully saturated rings. The van der Waals surface area contributed by atoms with Gasteiger partial charge in [0.2, 0.25) is 0 Å². The first-order valence-electron chi connectivity index (χ1n) is 7.34. The van der Waals surface area contributed by atoms with Crippen LogP contribution in [-0.2, 0) is 0 Å². The van der Waals surface area contributed by atoms with E-state index in [1.165, 1.54) is 11.1 Å². The summed E-state index contributed by atoms with van der Waals surface area (Å²) < 4.78 is 0. The Balaban J connectivity index is 2.00. The van der Waals surface area contributed by atoms with Crippen LogP contribution in [0.1, 0.15) is 26.4 Å². The first-order chi connectivity index (χ1) is 11.0. The molecule has 0 saturated heterocycles. The number of aryl methyl sites for hydroxylation is 3. The van der Waals surface area contributed by atoms with Gasteiger partial charge in [-0.15, -0.1) is 11.3 Å². The van der Waals surface area contributed by atoms with Gasteiger partial charge in [-0.1, -0.05) is 24.3 Å². The summed E-state index contributed by atoms with van der Waals surface area (Å²) in [4.78, 5) is 16.9. The summed E-state index contributed by atoms with van der Waals surface area (Å²) in [7, 11) is 0. The second kappa shape index (κ2) is 5.97. The molecule has 4 heteroatoms. The highest BCUT2D eigenvalue weighted by atomic mass is 32.1. The summed E-state index contributed by atoms with van der Waals surface area (Å²) in [6.07, 6.45) is 0. The molecule has 0 amide bonds. The third-order valence-corrected chi connectivity index (χ3v) is 4.98. The summed E-state index contributed by atoms with van der Waals surface area (Å²) in [5.74, 6) is -0.914. The normalized spacial score (nSPS) is 10.7.